The van der Waals surface area contributed by atoms with Crippen LogP contribution in [-0.2, 0) is 27.9 Å². The van der Waals surface area contributed by atoms with E-state index in [9.17, 15) is 13.2 Å². The molecule has 0 aromatic heterocycles. The number of likely N-dealkylation sites (tertiary alicyclic amines) is 1. The smallest absolute Gasteiger partial charge is 0.243 e. The molecule has 1 aliphatic rings. The van der Waals surface area contributed by atoms with Gasteiger partial charge in [-0.25, -0.2) is 8.42 Å². The van der Waals surface area contributed by atoms with Crippen molar-refractivity contribution in [2.24, 2.45) is 0 Å². The van der Waals surface area contributed by atoms with E-state index >= 15 is 0 Å². The van der Waals surface area contributed by atoms with Crippen LogP contribution in [0.15, 0.2) is 42.5 Å². The van der Waals surface area contributed by atoms with Gasteiger partial charge in [0.05, 0.1) is 26.2 Å². The van der Waals surface area contributed by atoms with Crippen molar-refractivity contribution in [3.8, 4) is 11.5 Å². The molecule has 1 atom stereocenters. The number of nitrogens with zero attached hydrogens (tertiary/aromatic N) is 2. The van der Waals surface area contributed by atoms with Crippen LogP contribution in [0.4, 0.5) is 5.69 Å². The quantitative estimate of drug-likeness (QED) is 0.569. The van der Waals surface area contributed by atoms with Crippen LogP contribution in [0.2, 0.25) is 0 Å². The summed E-state index contributed by atoms with van der Waals surface area (Å²) in [6.45, 7) is 5.00. The standard InChI is InChI=1S/C24H33N3O5S/c1-18(27(33(4,29)30)22-15-21(31-2)10-11-23(22)32-3)24(28)25-16-19-8-7-9-20(14-19)17-26-12-5-6-13-26/h7-11,14-15,18H,5-6,12-13,16-17H2,1-4H3,(H,25,28). The first-order chi connectivity index (χ1) is 15.7. The zero-order chi connectivity index (χ0) is 24.0. The molecule has 1 aliphatic heterocycles. The average Bonchev–Trinajstić information content (AvgIpc) is 3.29. The van der Waals surface area contributed by atoms with Crippen molar-refractivity contribution < 1.29 is 22.7 Å². The van der Waals surface area contributed by atoms with Gasteiger partial charge in [0.2, 0.25) is 15.9 Å². The van der Waals surface area contributed by atoms with E-state index in [0.717, 1.165) is 35.8 Å². The lowest BCUT2D eigenvalue weighted by molar-refractivity contribution is -0.122. The zero-order valence-electron chi connectivity index (χ0n) is 19.7. The Kier molecular flexibility index (Phi) is 8.20. The minimum Gasteiger partial charge on any atom is -0.497 e. The summed E-state index contributed by atoms with van der Waals surface area (Å²) in [5, 5.41) is 2.88. The number of ether oxygens (including phenoxy) is 2. The molecule has 2 aromatic rings. The molecular weight excluding hydrogens is 442 g/mol. The summed E-state index contributed by atoms with van der Waals surface area (Å²) < 4.78 is 37.0. The molecule has 1 saturated heterocycles. The topological polar surface area (TPSA) is 88.2 Å². The van der Waals surface area contributed by atoms with Crippen molar-refractivity contribution in [3.63, 3.8) is 0 Å². The first kappa shape index (κ1) is 24.9. The van der Waals surface area contributed by atoms with Crippen LogP contribution < -0.4 is 19.1 Å². The molecule has 0 radical (unpaired) electrons. The normalized spacial score (nSPS) is 15.2. The van der Waals surface area contributed by atoms with Crippen LogP contribution in [0.1, 0.15) is 30.9 Å². The van der Waals surface area contributed by atoms with Crippen molar-refractivity contribution in [1.29, 1.82) is 0 Å². The molecule has 33 heavy (non-hydrogen) atoms. The Morgan fingerprint density at radius 3 is 2.42 bits per heavy atom. The van der Waals surface area contributed by atoms with Crippen molar-refractivity contribution in [2.75, 3.05) is 37.9 Å². The van der Waals surface area contributed by atoms with Crippen molar-refractivity contribution in [1.82, 2.24) is 10.2 Å². The summed E-state index contributed by atoms with van der Waals surface area (Å²) in [5.74, 6) is 0.382. The Bertz CT molecular complexity index is 1070. The monoisotopic (exact) mass is 475 g/mol. The molecule has 180 valence electrons. The number of anilines is 1. The molecular formula is C24H33N3O5S. The summed E-state index contributed by atoms with van der Waals surface area (Å²) in [5.41, 5.74) is 2.42. The highest BCUT2D eigenvalue weighted by atomic mass is 32.2. The fourth-order valence-corrected chi connectivity index (χ4v) is 5.29. The Morgan fingerprint density at radius 2 is 1.79 bits per heavy atom. The number of amides is 1. The average molecular weight is 476 g/mol. The molecule has 0 spiro atoms. The lowest BCUT2D eigenvalue weighted by Crippen LogP contribution is -2.47. The number of nitrogens with one attached hydrogen (secondary N) is 1. The molecule has 1 N–H and O–H groups in total. The molecule has 1 fully saturated rings. The maximum atomic E-state index is 13.0. The first-order valence-corrected chi connectivity index (χ1v) is 12.9. The summed E-state index contributed by atoms with van der Waals surface area (Å²) in [6, 6.07) is 12.0. The number of rotatable bonds is 10. The third-order valence-electron chi connectivity index (χ3n) is 5.77. The van der Waals surface area contributed by atoms with E-state index in [1.54, 1.807) is 25.1 Å². The number of methoxy groups -OCH3 is 2. The molecule has 1 heterocycles. The lowest BCUT2D eigenvalue weighted by Gasteiger charge is -2.29. The van der Waals surface area contributed by atoms with Gasteiger partial charge >= 0.3 is 0 Å². The minimum atomic E-state index is -3.79. The van der Waals surface area contributed by atoms with Crippen LogP contribution >= 0.6 is 0 Å². The second-order valence-corrected chi connectivity index (χ2v) is 10.2. The van der Waals surface area contributed by atoms with Crippen LogP contribution in [0.25, 0.3) is 0 Å². The first-order valence-electron chi connectivity index (χ1n) is 11.0. The molecule has 8 nitrogen and oxygen atoms in total. The Balaban J connectivity index is 1.74. The van der Waals surface area contributed by atoms with Gasteiger partial charge in [-0.15, -0.1) is 0 Å². The molecule has 1 unspecified atom stereocenters. The summed E-state index contributed by atoms with van der Waals surface area (Å²) in [6.07, 6.45) is 3.54. The van der Waals surface area contributed by atoms with Gasteiger partial charge in [-0.05, 0) is 56.1 Å². The van der Waals surface area contributed by atoms with E-state index in [0.29, 0.717) is 18.0 Å². The zero-order valence-corrected chi connectivity index (χ0v) is 20.5. The van der Waals surface area contributed by atoms with Gasteiger partial charge < -0.3 is 14.8 Å². The molecule has 0 saturated carbocycles. The van der Waals surface area contributed by atoms with Crippen LogP contribution in [0.3, 0.4) is 0 Å². The van der Waals surface area contributed by atoms with Gasteiger partial charge in [0.1, 0.15) is 17.5 Å². The van der Waals surface area contributed by atoms with Gasteiger partial charge in [-0.2, -0.15) is 0 Å². The fourth-order valence-electron chi connectivity index (χ4n) is 4.12. The van der Waals surface area contributed by atoms with E-state index in [4.69, 9.17) is 9.47 Å². The Hall–Kier alpha value is -2.78. The minimum absolute atomic E-state index is 0.245. The van der Waals surface area contributed by atoms with E-state index in [-0.39, 0.29) is 5.69 Å². The van der Waals surface area contributed by atoms with Gasteiger partial charge in [0.15, 0.2) is 0 Å². The number of benzene rings is 2. The molecule has 0 aliphatic carbocycles. The molecule has 3 rings (SSSR count). The van der Waals surface area contributed by atoms with Gasteiger partial charge in [0.25, 0.3) is 0 Å². The Morgan fingerprint density at radius 1 is 1.09 bits per heavy atom. The maximum Gasteiger partial charge on any atom is 0.243 e. The van der Waals surface area contributed by atoms with E-state index in [1.807, 2.05) is 12.1 Å². The highest BCUT2D eigenvalue weighted by Gasteiger charge is 2.31. The largest absolute Gasteiger partial charge is 0.497 e. The second-order valence-electron chi connectivity index (χ2n) is 8.29. The number of carbonyl (C=O) groups excluding carboxylic acids is 1. The number of hydrogen-bond donors (Lipinski definition) is 1. The van der Waals surface area contributed by atoms with Crippen LogP contribution in [0, 0.1) is 0 Å². The van der Waals surface area contributed by atoms with E-state index < -0.39 is 22.0 Å². The third-order valence-corrected chi connectivity index (χ3v) is 7.00. The van der Waals surface area contributed by atoms with E-state index in [1.165, 1.54) is 32.6 Å². The van der Waals surface area contributed by atoms with Gasteiger partial charge in [0, 0.05) is 19.2 Å². The van der Waals surface area contributed by atoms with E-state index in [2.05, 4.69) is 22.3 Å². The summed E-state index contributed by atoms with van der Waals surface area (Å²) in [7, 11) is -0.851. The Labute approximate surface area is 196 Å². The van der Waals surface area contributed by atoms with Crippen LogP contribution in [0.5, 0.6) is 11.5 Å². The predicted molar refractivity (Wildman–Crippen MR) is 129 cm³/mol. The molecule has 9 heteroatoms. The SMILES string of the molecule is COc1ccc(OC)c(N(C(C)C(=O)NCc2cccc(CN3CCCC3)c2)S(C)(=O)=O)c1. The summed E-state index contributed by atoms with van der Waals surface area (Å²) in [4.78, 5) is 15.4. The number of hydrogen-bond acceptors (Lipinski definition) is 6. The van der Waals surface area contributed by atoms with Crippen molar-refractivity contribution in [3.05, 3.63) is 53.6 Å². The van der Waals surface area contributed by atoms with Gasteiger partial charge in [-0.1, -0.05) is 24.3 Å². The highest BCUT2D eigenvalue weighted by Crippen LogP contribution is 2.35. The molecule has 1 amide bonds. The lowest BCUT2D eigenvalue weighted by atomic mass is 10.1. The molecule has 2 aromatic carbocycles. The number of carbonyl (C=O) groups is 1. The number of sulfonamides is 1. The third kappa shape index (κ3) is 6.39. The van der Waals surface area contributed by atoms with Crippen molar-refractivity contribution in [2.45, 2.75) is 38.9 Å². The summed E-state index contributed by atoms with van der Waals surface area (Å²) >= 11 is 0. The maximum absolute atomic E-state index is 13.0. The van der Waals surface area contributed by atoms with Crippen molar-refractivity contribution >= 4 is 21.6 Å². The van der Waals surface area contributed by atoms with Gasteiger partial charge in [-0.3, -0.25) is 14.0 Å². The second kappa shape index (κ2) is 10.9. The van der Waals surface area contributed by atoms with Crippen LogP contribution in [-0.4, -0.2) is 58.8 Å². The molecule has 0 bridgehead atoms. The fraction of sp³-hybridized carbons (Fsp3) is 0.458. The predicted octanol–water partition coefficient (Wildman–Crippen LogP) is 2.77. The highest BCUT2D eigenvalue weighted by molar-refractivity contribution is 7.92.